The maximum Gasteiger partial charge on any atom is 0.0252 e. The van der Waals surface area contributed by atoms with Gasteiger partial charge >= 0.3 is 0 Å². The van der Waals surface area contributed by atoms with E-state index in [4.69, 9.17) is 5.84 Å². The van der Waals surface area contributed by atoms with E-state index in [-0.39, 0.29) is 0 Å². The van der Waals surface area contributed by atoms with Gasteiger partial charge in [-0.3, -0.25) is 11.3 Å². The van der Waals surface area contributed by atoms with E-state index in [1.165, 1.54) is 25.7 Å². The minimum absolute atomic E-state index is 0.426. The van der Waals surface area contributed by atoms with Crippen LogP contribution in [-0.2, 0) is 0 Å². The van der Waals surface area contributed by atoms with Gasteiger partial charge in [-0.15, -0.1) is 11.8 Å². The fourth-order valence-corrected chi connectivity index (χ4v) is 3.02. The average Bonchev–Trinajstić information content (AvgIpc) is 2.25. The van der Waals surface area contributed by atoms with Crippen molar-refractivity contribution in [3.8, 4) is 11.8 Å². The van der Waals surface area contributed by atoms with Crippen molar-refractivity contribution in [1.29, 1.82) is 0 Å². The highest BCUT2D eigenvalue weighted by atomic mass is 15.2. The SMILES string of the molecule is CC#CCCC(NN)C1CCCCC1(C)C. The molecule has 1 aliphatic rings. The molecule has 16 heavy (non-hydrogen) atoms. The third-order valence-corrected chi connectivity index (χ3v) is 4.05. The summed E-state index contributed by atoms with van der Waals surface area (Å²) in [5.41, 5.74) is 3.44. The lowest BCUT2D eigenvalue weighted by atomic mass is 9.65. The predicted molar refractivity (Wildman–Crippen MR) is 69.5 cm³/mol. The standard InChI is InChI=1S/C14H26N2/c1-4-5-6-10-13(16-15)12-9-7-8-11-14(12,2)3/h12-13,16H,6-11,15H2,1-3H3. The molecule has 1 rings (SSSR count). The first-order chi connectivity index (χ1) is 7.61. The average molecular weight is 222 g/mol. The minimum atomic E-state index is 0.426. The summed E-state index contributed by atoms with van der Waals surface area (Å²) in [6.07, 6.45) is 7.39. The zero-order valence-electron chi connectivity index (χ0n) is 11.0. The Morgan fingerprint density at radius 3 is 2.75 bits per heavy atom. The van der Waals surface area contributed by atoms with E-state index in [2.05, 4.69) is 31.1 Å². The summed E-state index contributed by atoms with van der Waals surface area (Å²) in [5.74, 6) is 12.5. The van der Waals surface area contributed by atoms with Gasteiger partial charge in [-0.1, -0.05) is 26.7 Å². The quantitative estimate of drug-likeness (QED) is 0.436. The van der Waals surface area contributed by atoms with Crippen LogP contribution in [0.3, 0.4) is 0 Å². The van der Waals surface area contributed by atoms with Gasteiger partial charge in [0.1, 0.15) is 0 Å². The lowest BCUT2D eigenvalue weighted by Crippen LogP contribution is -2.47. The lowest BCUT2D eigenvalue weighted by Gasteiger charge is -2.43. The molecule has 3 N–H and O–H groups in total. The molecule has 0 aliphatic heterocycles. The van der Waals surface area contributed by atoms with Crippen LogP contribution in [-0.4, -0.2) is 6.04 Å². The number of hydrazine groups is 1. The van der Waals surface area contributed by atoms with Gasteiger partial charge in [0.2, 0.25) is 0 Å². The zero-order chi connectivity index (χ0) is 12.0. The second-order valence-corrected chi connectivity index (χ2v) is 5.58. The lowest BCUT2D eigenvalue weighted by molar-refractivity contribution is 0.0953. The Hall–Kier alpha value is -0.520. The van der Waals surface area contributed by atoms with Crippen LogP contribution in [0.2, 0.25) is 0 Å². The highest BCUT2D eigenvalue weighted by molar-refractivity contribution is 4.97. The van der Waals surface area contributed by atoms with Crippen LogP contribution in [0, 0.1) is 23.2 Å². The smallest absolute Gasteiger partial charge is 0.0252 e. The molecule has 2 unspecified atom stereocenters. The summed E-state index contributed by atoms with van der Waals surface area (Å²) < 4.78 is 0. The summed E-state index contributed by atoms with van der Waals surface area (Å²) in [4.78, 5) is 0. The van der Waals surface area contributed by atoms with Crippen molar-refractivity contribution in [2.75, 3.05) is 0 Å². The molecular weight excluding hydrogens is 196 g/mol. The largest absolute Gasteiger partial charge is 0.271 e. The Bertz CT molecular complexity index is 260. The van der Waals surface area contributed by atoms with Crippen LogP contribution in [0.1, 0.15) is 59.3 Å². The van der Waals surface area contributed by atoms with Crippen LogP contribution in [0.15, 0.2) is 0 Å². The van der Waals surface area contributed by atoms with Gasteiger partial charge in [-0.25, -0.2) is 0 Å². The van der Waals surface area contributed by atoms with Crippen molar-refractivity contribution in [3.05, 3.63) is 0 Å². The van der Waals surface area contributed by atoms with Crippen molar-refractivity contribution in [3.63, 3.8) is 0 Å². The second-order valence-electron chi connectivity index (χ2n) is 5.58. The fraction of sp³-hybridized carbons (Fsp3) is 0.857. The van der Waals surface area contributed by atoms with E-state index in [1.54, 1.807) is 0 Å². The van der Waals surface area contributed by atoms with Gasteiger partial charge in [0, 0.05) is 12.5 Å². The van der Waals surface area contributed by atoms with Gasteiger partial charge in [0.05, 0.1) is 0 Å². The zero-order valence-corrected chi connectivity index (χ0v) is 11.0. The number of hydrogen-bond donors (Lipinski definition) is 2. The van der Waals surface area contributed by atoms with E-state index in [0.29, 0.717) is 17.4 Å². The molecule has 0 amide bonds. The first kappa shape index (κ1) is 13.5. The number of rotatable bonds is 4. The molecule has 1 fully saturated rings. The number of nitrogens with one attached hydrogen (secondary N) is 1. The topological polar surface area (TPSA) is 38.0 Å². The molecule has 2 heteroatoms. The third-order valence-electron chi connectivity index (χ3n) is 4.05. The van der Waals surface area contributed by atoms with Crippen molar-refractivity contribution in [2.24, 2.45) is 17.2 Å². The molecule has 1 saturated carbocycles. The second kappa shape index (κ2) is 6.27. The molecule has 0 heterocycles. The van der Waals surface area contributed by atoms with Gasteiger partial charge in [-0.2, -0.15) is 0 Å². The highest BCUT2D eigenvalue weighted by Crippen LogP contribution is 2.42. The predicted octanol–water partition coefficient (Wildman–Crippen LogP) is 2.84. The van der Waals surface area contributed by atoms with Gasteiger partial charge in [-0.05, 0) is 37.5 Å². The fourth-order valence-electron chi connectivity index (χ4n) is 3.02. The third kappa shape index (κ3) is 3.50. The van der Waals surface area contributed by atoms with Crippen LogP contribution < -0.4 is 11.3 Å². The van der Waals surface area contributed by atoms with Gasteiger partial charge in [0.25, 0.3) is 0 Å². The van der Waals surface area contributed by atoms with Crippen molar-refractivity contribution in [2.45, 2.75) is 65.3 Å². The van der Waals surface area contributed by atoms with Crippen molar-refractivity contribution < 1.29 is 0 Å². The Kier molecular flexibility index (Phi) is 5.31. The molecule has 0 saturated heterocycles. The highest BCUT2D eigenvalue weighted by Gasteiger charge is 2.36. The van der Waals surface area contributed by atoms with Gasteiger partial charge in [0.15, 0.2) is 0 Å². The Balaban J connectivity index is 2.57. The molecule has 0 aromatic heterocycles. The van der Waals surface area contributed by atoms with Crippen molar-refractivity contribution >= 4 is 0 Å². The Morgan fingerprint density at radius 1 is 1.44 bits per heavy atom. The van der Waals surface area contributed by atoms with Crippen LogP contribution >= 0.6 is 0 Å². The van der Waals surface area contributed by atoms with E-state index < -0.39 is 0 Å². The van der Waals surface area contributed by atoms with E-state index in [9.17, 15) is 0 Å². The van der Waals surface area contributed by atoms with E-state index in [1.807, 2.05) is 6.92 Å². The maximum absolute atomic E-state index is 5.71. The number of nitrogens with two attached hydrogens (primary N) is 1. The molecule has 0 radical (unpaired) electrons. The molecular formula is C14H26N2. The Morgan fingerprint density at radius 2 is 2.19 bits per heavy atom. The van der Waals surface area contributed by atoms with Gasteiger partial charge < -0.3 is 0 Å². The molecule has 1 aliphatic carbocycles. The first-order valence-electron chi connectivity index (χ1n) is 6.47. The number of hydrogen-bond acceptors (Lipinski definition) is 2. The summed E-state index contributed by atoms with van der Waals surface area (Å²) in [5, 5.41) is 0. The van der Waals surface area contributed by atoms with Crippen molar-refractivity contribution in [1.82, 2.24) is 5.43 Å². The molecule has 0 bridgehead atoms. The van der Waals surface area contributed by atoms with Crippen LogP contribution in [0.25, 0.3) is 0 Å². The summed E-state index contributed by atoms with van der Waals surface area (Å²) in [7, 11) is 0. The molecule has 2 nitrogen and oxygen atoms in total. The summed E-state index contributed by atoms with van der Waals surface area (Å²) in [6, 6.07) is 0.427. The summed E-state index contributed by atoms with van der Waals surface area (Å²) >= 11 is 0. The monoisotopic (exact) mass is 222 g/mol. The van der Waals surface area contributed by atoms with Crippen LogP contribution in [0.4, 0.5) is 0 Å². The van der Waals surface area contributed by atoms with E-state index in [0.717, 1.165) is 12.8 Å². The first-order valence-corrected chi connectivity index (χ1v) is 6.47. The molecule has 0 aromatic rings. The normalized spacial score (nSPS) is 25.6. The molecule has 0 aromatic carbocycles. The maximum atomic E-state index is 5.71. The molecule has 92 valence electrons. The Labute approximate surface area is 100 Å². The van der Waals surface area contributed by atoms with Crippen LogP contribution in [0.5, 0.6) is 0 Å². The minimum Gasteiger partial charge on any atom is -0.271 e. The molecule has 2 atom stereocenters. The summed E-state index contributed by atoms with van der Waals surface area (Å²) in [6.45, 7) is 6.66. The molecule has 0 spiro atoms. The van der Waals surface area contributed by atoms with E-state index >= 15 is 0 Å².